The van der Waals surface area contributed by atoms with Crippen molar-refractivity contribution in [1.82, 2.24) is 0 Å². The molecule has 1 aromatic carbocycles. The maximum absolute atomic E-state index is 12.1. The second kappa shape index (κ2) is 7.31. The molecule has 1 unspecified atom stereocenters. The molecule has 18 heavy (non-hydrogen) atoms. The molecule has 0 saturated heterocycles. The Morgan fingerprint density at radius 2 is 2.00 bits per heavy atom. The van der Waals surface area contributed by atoms with E-state index in [1.165, 1.54) is 0 Å². The van der Waals surface area contributed by atoms with Crippen molar-refractivity contribution in [2.24, 2.45) is 5.92 Å². The predicted molar refractivity (Wildman–Crippen MR) is 74.7 cm³/mol. The number of carbonyl (C=O) groups excluding carboxylic acids is 1. The fourth-order valence-corrected chi connectivity index (χ4v) is 2.94. The number of rotatable bonds is 7. The highest BCUT2D eigenvalue weighted by molar-refractivity contribution is 7.85. The van der Waals surface area contributed by atoms with Gasteiger partial charge in [-0.2, -0.15) is 0 Å². The Hall–Kier alpha value is -1.16. The zero-order chi connectivity index (χ0) is 13.5. The zero-order valence-electron chi connectivity index (χ0n) is 11.1. The van der Waals surface area contributed by atoms with Gasteiger partial charge in [-0.3, -0.25) is 9.00 Å². The Morgan fingerprint density at radius 3 is 2.61 bits per heavy atom. The van der Waals surface area contributed by atoms with Crippen molar-refractivity contribution in [1.29, 1.82) is 0 Å². The summed E-state index contributed by atoms with van der Waals surface area (Å²) < 4.78 is 17.2. The molecule has 0 saturated carbocycles. The summed E-state index contributed by atoms with van der Waals surface area (Å²) >= 11 is 0. The number of Topliss-reactive ketones (excluding diaryl/α,β-unsaturated/α-hetero) is 1. The highest BCUT2D eigenvalue weighted by atomic mass is 32.2. The SMILES string of the molecule is CCOc1ccccc1C(=O)CS(=O)CC(C)C. The van der Waals surface area contributed by atoms with Crippen molar-refractivity contribution >= 4 is 16.6 Å². The van der Waals surface area contributed by atoms with Crippen LogP contribution < -0.4 is 4.74 Å². The smallest absolute Gasteiger partial charge is 0.179 e. The van der Waals surface area contributed by atoms with Crippen LogP contribution in [0.2, 0.25) is 0 Å². The van der Waals surface area contributed by atoms with Crippen LogP contribution in [0.25, 0.3) is 0 Å². The molecule has 0 aliphatic heterocycles. The van der Waals surface area contributed by atoms with Gasteiger partial charge in [0.1, 0.15) is 5.75 Å². The number of hydrogen-bond acceptors (Lipinski definition) is 3. The largest absolute Gasteiger partial charge is 0.493 e. The van der Waals surface area contributed by atoms with Crippen LogP contribution in [0.15, 0.2) is 24.3 Å². The topological polar surface area (TPSA) is 43.4 Å². The third kappa shape index (κ3) is 4.61. The van der Waals surface area contributed by atoms with Gasteiger partial charge in [-0.05, 0) is 25.0 Å². The van der Waals surface area contributed by atoms with E-state index in [0.29, 0.717) is 29.6 Å². The number of ketones is 1. The Morgan fingerprint density at radius 1 is 1.33 bits per heavy atom. The fraction of sp³-hybridized carbons (Fsp3) is 0.500. The average molecular weight is 268 g/mol. The molecule has 1 atom stereocenters. The second-order valence-corrected chi connectivity index (χ2v) is 6.00. The molecule has 4 heteroatoms. The minimum absolute atomic E-state index is 0.0717. The van der Waals surface area contributed by atoms with Gasteiger partial charge in [-0.25, -0.2) is 0 Å². The minimum Gasteiger partial charge on any atom is -0.493 e. The van der Waals surface area contributed by atoms with Crippen LogP contribution in [0.4, 0.5) is 0 Å². The summed E-state index contributed by atoms with van der Waals surface area (Å²) in [6, 6.07) is 7.11. The highest BCUT2D eigenvalue weighted by Gasteiger charge is 2.15. The number of hydrogen-bond donors (Lipinski definition) is 0. The molecule has 3 nitrogen and oxygen atoms in total. The first-order chi connectivity index (χ1) is 8.54. The molecule has 0 spiro atoms. The van der Waals surface area contributed by atoms with E-state index in [9.17, 15) is 9.00 Å². The van der Waals surface area contributed by atoms with Gasteiger partial charge in [-0.1, -0.05) is 26.0 Å². The van der Waals surface area contributed by atoms with E-state index >= 15 is 0 Å². The van der Waals surface area contributed by atoms with Gasteiger partial charge in [0.05, 0.1) is 17.9 Å². The fourth-order valence-electron chi connectivity index (χ4n) is 1.63. The number of carbonyl (C=O) groups is 1. The van der Waals surface area contributed by atoms with E-state index in [4.69, 9.17) is 4.74 Å². The van der Waals surface area contributed by atoms with Gasteiger partial charge in [0, 0.05) is 16.6 Å². The van der Waals surface area contributed by atoms with Gasteiger partial charge >= 0.3 is 0 Å². The third-order valence-electron chi connectivity index (χ3n) is 2.30. The van der Waals surface area contributed by atoms with Crippen molar-refractivity contribution in [2.75, 3.05) is 18.1 Å². The molecule has 0 aliphatic carbocycles. The molecule has 0 radical (unpaired) electrons. The van der Waals surface area contributed by atoms with Crippen LogP contribution in [-0.4, -0.2) is 28.1 Å². The molecular formula is C14H20O3S. The summed E-state index contributed by atoms with van der Waals surface area (Å²) in [5, 5.41) is 0. The lowest BCUT2D eigenvalue weighted by molar-refractivity contribution is 0.101. The monoisotopic (exact) mass is 268 g/mol. The van der Waals surface area contributed by atoms with Gasteiger partial charge in [0.15, 0.2) is 5.78 Å². The standard InChI is InChI=1S/C14H20O3S/c1-4-17-14-8-6-5-7-12(14)13(15)10-18(16)9-11(2)3/h5-8,11H,4,9-10H2,1-3H3. The lowest BCUT2D eigenvalue weighted by atomic mass is 10.1. The van der Waals surface area contributed by atoms with Crippen molar-refractivity contribution in [3.63, 3.8) is 0 Å². The molecule has 1 aromatic rings. The highest BCUT2D eigenvalue weighted by Crippen LogP contribution is 2.19. The molecule has 0 amide bonds. The van der Waals surface area contributed by atoms with Crippen LogP contribution in [-0.2, 0) is 10.8 Å². The Labute approximate surface area is 111 Å². The molecule has 0 heterocycles. The second-order valence-electron chi connectivity index (χ2n) is 4.50. The maximum Gasteiger partial charge on any atom is 0.179 e. The van der Waals surface area contributed by atoms with Gasteiger partial charge in [-0.15, -0.1) is 0 Å². The van der Waals surface area contributed by atoms with Gasteiger partial charge in [0.25, 0.3) is 0 Å². The van der Waals surface area contributed by atoms with Crippen LogP contribution in [0, 0.1) is 5.92 Å². The van der Waals surface area contributed by atoms with Crippen LogP contribution in [0.3, 0.4) is 0 Å². The van der Waals surface area contributed by atoms with Crippen LogP contribution in [0.5, 0.6) is 5.75 Å². The van der Waals surface area contributed by atoms with E-state index in [1.807, 2.05) is 26.8 Å². The van der Waals surface area contributed by atoms with E-state index in [1.54, 1.807) is 18.2 Å². The molecule has 0 fully saturated rings. The Kier molecular flexibility index (Phi) is 6.05. The summed E-state index contributed by atoms with van der Waals surface area (Å²) in [7, 11) is -1.10. The predicted octanol–water partition coefficient (Wildman–Crippen LogP) is 2.67. The Bertz CT molecular complexity index is 427. The average Bonchev–Trinajstić information content (AvgIpc) is 2.28. The normalized spacial score (nSPS) is 12.4. The van der Waals surface area contributed by atoms with Crippen molar-refractivity contribution < 1.29 is 13.7 Å². The summed E-state index contributed by atoms with van der Waals surface area (Å²) in [4.78, 5) is 12.1. The molecule has 0 bridgehead atoms. The Balaban J connectivity index is 2.75. The quantitative estimate of drug-likeness (QED) is 0.714. The third-order valence-corrected chi connectivity index (χ3v) is 3.92. The first-order valence-electron chi connectivity index (χ1n) is 6.14. The molecule has 0 N–H and O–H groups in total. The van der Waals surface area contributed by atoms with Crippen LogP contribution in [0.1, 0.15) is 31.1 Å². The van der Waals surface area contributed by atoms with E-state index in [0.717, 1.165) is 0 Å². The number of para-hydroxylation sites is 1. The number of benzene rings is 1. The van der Waals surface area contributed by atoms with E-state index < -0.39 is 10.8 Å². The molecule has 0 aliphatic rings. The summed E-state index contributed by atoms with van der Waals surface area (Å²) in [5.41, 5.74) is 0.524. The van der Waals surface area contributed by atoms with E-state index in [-0.39, 0.29) is 11.5 Å². The summed E-state index contributed by atoms with van der Waals surface area (Å²) in [5.74, 6) is 1.43. The van der Waals surface area contributed by atoms with Crippen molar-refractivity contribution in [3.8, 4) is 5.75 Å². The molecule has 100 valence electrons. The zero-order valence-corrected chi connectivity index (χ0v) is 12.0. The van der Waals surface area contributed by atoms with Crippen LogP contribution >= 0.6 is 0 Å². The summed E-state index contributed by atoms with van der Waals surface area (Å²) in [6.45, 7) is 6.38. The summed E-state index contributed by atoms with van der Waals surface area (Å²) in [6.07, 6.45) is 0. The lowest BCUT2D eigenvalue weighted by Crippen LogP contribution is -2.16. The minimum atomic E-state index is -1.10. The van der Waals surface area contributed by atoms with Gasteiger partial charge < -0.3 is 4.74 Å². The molecule has 1 rings (SSSR count). The van der Waals surface area contributed by atoms with Gasteiger partial charge in [0.2, 0.25) is 0 Å². The first kappa shape index (κ1) is 14.9. The van der Waals surface area contributed by atoms with Crippen molar-refractivity contribution in [3.05, 3.63) is 29.8 Å². The molecular weight excluding hydrogens is 248 g/mol. The first-order valence-corrected chi connectivity index (χ1v) is 7.63. The van der Waals surface area contributed by atoms with E-state index in [2.05, 4.69) is 0 Å². The maximum atomic E-state index is 12.1. The number of ether oxygens (including phenoxy) is 1. The lowest BCUT2D eigenvalue weighted by Gasteiger charge is -2.09. The van der Waals surface area contributed by atoms with Crippen molar-refractivity contribution in [2.45, 2.75) is 20.8 Å². The molecule has 0 aromatic heterocycles.